The molecule has 0 radical (unpaired) electrons. The normalized spacial score (nSPS) is 16.9. The van der Waals surface area contributed by atoms with Crippen LogP contribution in [0.2, 0.25) is 0 Å². The Kier molecular flexibility index (Phi) is 5.45. The van der Waals surface area contributed by atoms with E-state index in [1.165, 1.54) is 0 Å². The van der Waals surface area contributed by atoms with Crippen molar-refractivity contribution in [2.75, 3.05) is 24.5 Å². The van der Waals surface area contributed by atoms with Gasteiger partial charge in [-0.2, -0.15) is 9.78 Å². The first-order chi connectivity index (χ1) is 14.1. The van der Waals surface area contributed by atoms with Crippen LogP contribution in [-0.4, -0.2) is 55.9 Å². The third-order valence-electron chi connectivity index (χ3n) is 4.87. The van der Waals surface area contributed by atoms with E-state index in [9.17, 15) is 13.6 Å². The van der Waals surface area contributed by atoms with E-state index in [0.29, 0.717) is 19.0 Å². The van der Waals surface area contributed by atoms with E-state index in [1.807, 2.05) is 30.3 Å². The van der Waals surface area contributed by atoms with Crippen molar-refractivity contribution in [1.29, 1.82) is 0 Å². The highest BCUT2D eigenvalue weighted by Gasteiger charge is 2.25. The van der Waals surface area contributed by atoms with Crippen LogP contribution in [0.15, 0.2) is 36.4 Å². The summed E-state index contributed by atoms with van der Waals surface area (Å²) >= 11 is 0. The van der Waals surface area contributed by atoms with Gasteiger partial charge in [0, 0.05) is 19.6 Å². The van der Waals surface area contributed by atoms with Gasteiger partial charge >= 0.3 is 0 Å². The van der Waals surface area contributed by atoms with E-state index in [2.05, 4.69) is 35.9 Å². The summed E-state index contributed by atoms with van der Waals surface area (Å²) in [5.41, 5.74) is 0.462. The summed E-state index contributed by atoms with van der Waals surface area (Å²) in [7, 11) is 0. The number of nitrogens with one attached hydrogen (secondary N) is 2. The molecule has 4 rings (SSSR count). The van der Waals surface area contributed by atoms with Gasteiger partial charge in [0.25, 0.3) is 12.3 Å². The van der Waals surface area contributed by atoms with E-state index < -0.39 is 12.3 Å². The number of anilines is 1. The Morgan fingerprint density at radius 3 is 2.90 bits per heavy atom. The number of carbonyl (C=O) groups excluding carboxylic acids is 1. The van der Waals surface area contributed by atoms with Gasteiger partial charge in [0.05, 0.1) is 5.69 Å². The van der Waals surface area contributed by atoms with Gasteiger partial charge in [-0.3, -0.25) is 9.89 Å². The standard InChI is InChI=1S/C18H20F2N8O/c19-16(20)14-9-15(23-22-14)17(29)21-10-12-5-4-8-27(11-12)18-24-25-26-28(18)13-6-2-1-3-7-13/h1-3,6-7,9,12,16H,4-5,8,10-11H2,(H,21,29)(H,22,23)/t12-/m1/s1. The fourth-order valence-corrected chi connectivity index (χ4v) is 3.42. The predicted molar refractivity (Wildman–Crippen MR) is 100.0 cm³/mol. The highest BCUT2D eigenvalue weighted by Crippen LogP contribution is 2.23. The summed E-state index contributed by atoms with van der Waals surface area (Å²) in [6.07, 6.45) is -0.821. The smallest absolute Gasteiger partial charge is 0.279 e. The summed E-state index contributed by atoms with van der Waals surface area (Å²) < 4.78 is 26.9. The van der Waals surface area contributed by atoms with Crippen LogP contribution in [-0.2, 0) is 0 Å². The molecular weight excluding hydrogens is 382 g/mol. The summed E-state index contributed by atoms with van der Waals surface area (Å²) in [6, 6.07) is 10.7. The lowest BCUT2D eigenvalue weighted by Gasteiger charge is -2.32. The van der Waals surface area contributed by atoms with Crippen LogP contribution in [0, 0.1) is 5.92 Å². The maximum Gasteiger partial charge on any atom is 0.279 e. The summed E-state index contributed by atoms with van der Waals surface area (Å²) in [5.74, 6) is 0.364. The number of alkyl halides is 2. The second-order valence-electron chi connectivity index (χ2n) is 6.90. The van der Waals surface area contributed by atoms with Crippen molar-refractivity contribution >= 4 is 11.9 Å². The SMILES string of the molecule is O=C(NC[C@H]1CCCN(c2nnnn2-c2ccccc2)C1)c1cc(C(F)F)[nH]n1. The minimum Gasteiger partial charge on any atom is -0.350 e. The molecule has 3 heterocycles. The maximum atomic E-state index is 12.6. The number of aromatic nitrogens is 6. The number of aromatic amines is 1. The Labute approximate surface area is 165 Å². The molecule has 1 aromatic carbocycles. The van der Waals surface area contributed by atoms with E-state index in [0.717, 1.165) is 31.1 Å². The first kappa shape index (κ1) is 19.0. The summed E-state index contributed by atoms with van der Waals surface area (Å²) in [4.78, 5) is 14.3. The lowest BCUT2D eigenvalue weighted by molar-refractivity contribution is 0.0940. The maximum absolute atomic E-state index is 12.6. The van der Waals surface area contributed by atoms with Gasteiger partial charge in [0.2, 0.25) is 5.95 Å². The van der Waals surface area contributed by atoms with Crippen molar-refractivity contribution in [3.05, 3.63) is 47.8 Å². The number of H-pyrrole nitrogens is 1. The molecule has 0 unspecified atom stereocenters. The van der Waals surface area contributed by atoms with Crippen LogP contribution < -0.4 is 10.2 Å². The second kappa shape index (κ2) is 8.33. The molecule has 9 nitrogen and oxygen atoms in total. The highest BCUT2D eigenvalue weighted by molar-refractivity contribution is 5.92. The van der Waals surface area contributed by atoms with Crippen molar-refractivity contribution < 1.29 is 13.6 Å². The molecule has 1 saturated heterocycles. The zero-order valence-electron chi connectivity index (χ0n) is 15.5. The molecule has 1 aliphatic heterocycles. The number of piperidine rings is 1. The lowest BCUT2D eigenvalue weighted by atomic mass is 9.98. The first-order valence-corrected chi connectivity index (χ1v) is 9.32. The third kappa shape index (κ3) is 4.23. The quantitative estimate of drug-likeness (QED) is 0.653. The molecular formula is C18H20F2N8O. The number of benzene rings is 1. The van der Waals surface area contributed by atoms with Crippen molar-refractivity contribution in [3.8, 4) is 5.69 Å². The molecule has 3 aromatic rings. The first-order valence-electron chi connectivity index (χ1n) is 9.32. The van der Waals surface area contributed by atoms with Crippen molar-refractivity contribution in [1.82, 2.24) is 35.7 Å². The molecule has 1 amide bonds. The Morgan fingerprint density at radius 2 is 2.14 bits per heavy atom. The van der Waals surface area contributed by atoms with Crippen molar-refractivity contribution in [2.45, 2.75) is 19.3 Å². The van der Waals surface area contributed by atoms with Gasteiger partial charge in [-0.1, -0.05) is 23.3 Å². The molecule has 1 atom stereocenters. The topological polar surface area (TPSA) is 105 Å². The zero-order valence-corrected chi connectivity index (χ0v) is 15.5. The number of amides is 1. The average molecular weight is 402 g/mol. The number of nitrogens with zero attached hydrogens (tertiary/aromatic N) is 6. The van der Waals surface area contributed by atoms with E-state index in [-0.39, 0.29) is 17.3 Å². The van der Waals surface area contributed by atoms with Gasteiger partial charge in [-0.05, 0) is 47.4 Å². The number of tetrazole rings is 1. The van der Waals surface area contributed by atoms with Crippen LogP contribution in [0.5, 0.6) is 0 Å². The third-order valence-corrected chi connectivity index (χ3v) is 4.87. The Hall–Kier alpha value is -3.37. The van der Waals surface area contributed by atoms with Crippen LogP contribution >= 0.6 is 0 Å². The molecule has 0 bridgehead atoms. The largest absolute Gasteiger partial charge is 0.350 e. The molecule has 0 aliphatic carbocycles. The van der Waals surface area contributed by atoms with Crippen LogP contribution in [0.25, 0.3) is 5.69 Å². The van der Waals surface area contributed by atoms with E-state index >= 15 is 0 Å². The second-order valence-corrected chi connectivity index (χ2v) is 6.90. The van der Waals surface area contributed by atoms with Crippen molar-refractivity contribution in [3.63, 3.8) is 0 Å². The number of hydrogen-bond acceptors (Lipinski definition) is 6. The van der Waals surface area contributed by atoms with Gasteiger partial charge < -0.3 is 10.2 Å². The van der Waals surface area contributed by atoms with Crippen LogP contribution in [0.1, 0.15) is 35.4 Å². The van der Waals surface area contributed by atoms with Gasteiger partial charge in [-0.25, -0.2) is 8.78 Å². The van der Waals surface area contributed by atoms with Gasteiger partial charge in [0.15, 0.2) is 0 Å². The Bertz CT molecular complexity index is 958. The average Bonchev–Trinajstić information content (AvgIpc) is 3.43. The van der Waals surface area contributed by atoms with Gasteiger partial charge in [-0.15, -0.1) is 0 Å². The molecule has 1 fully saturated rings. The number of hydrogen-bond donors (Lipinski definition) is 2. The molecule has 152 valence electrons. The molecule has 2 aromatic heterocycles. The van der Waals surface area contributed by atoms with Crippen LogP contribution in [0.3, 0.4) is 0 Å². The lowest BCUT2D eigenvalue weighted by Crippen LogP contribution is -2.42. The number of rotatable bonds is 6. The molecule has 2 N–H and O–H groups in total. The Morgan fingerprint density at radius 1 is 1.31 bits per heavy atom. The predicted octanol–water partition coefficient (Wildman–Crippen LogP) is 1.97. The number of carbonyl (C=O) groups is 1. The van der Waals surface area contributed by atoms with E-state index in [1.54, 1.807) is 4.68 Å². The highest BCUT2D eigenvalue weighted by atomic mass is 19.3. The molecule has 0 spiro atoms. The van der Waals surface area contributed by atoms with Crippen molar-refractivity contribution in [2.24, 2.45) is 5.92 Å². The van der Waals surface area contributed by atoms with E-state index in [4.69, 9.17) is 0 Å². The summed E-state index contributed by atoms with van der Waals surface area (Å²) in [5, 5.41) is 20.7. The number of halogens is 2. The Balaban J connectivity index is 1.38. The monoisotopic (exact) mass is 402 g/mol. The number of para-hydroxylation sites is 1. The fraction of sp³-hybridized carbons (Fsp3) is 0.389. The minimum absolute atomic E-state index is 0.0408. The molecule has 29 heavy (non-hydrogen) atoms. The molecule has 1 aliphatic rings. The zero-order chi connectivity index (χ0) is 20.2. The fourth-order valence-electron chi connectivity index (χ4n) is 3.42. The molecule has 11 heteroatoms. The minimum atomic E-state index is -2.69. The summed E-state index contributed by atoms with van der Waals surface area (Å²) in [6.45, 7) is 1.91. The van der Waals surface area contributed by atoms with Crippen LogP contribution in [0.4, 0.5) is 14.7 Å². The van der Waals surface area contributed by atoms with Gasteiger partial charge in [0.1, 0.15) is 11.4 Å². The molecule has 0 saturated carbocycles.